The first-order chi connectivity index (χ1) is 15.2. The Morgan fingerprint density at radius 3 is 2.22 bits per heavy atom. The number of hydrogen-bond acceptors (Lipinski definition) is 5. The van der Waals surface area contributed by atoms with Crippen LogP contribution >= 0.6 is 0 Å². The molecule has 0 fully saturated rings. The molecule has 0 aromatic heterocycles. The second-order valence-electron chi connectivity index (χ2n) is 7.33. The number of nitrogens with one attached hydrogen (secondary N) is 1. The van der Waals surface area contributed by atoms with Gasteiger partial charge >= 0.3 is 0 Å². The minimum atomic E-state index is -3.48. The Hall–Kier alpha value is -3.52. The summed E-state index contributed by atoms with van der Waals surface area (Å²) in [6.07, 6.45) is 1.18. The van der Waals surface area contributed by atoms with E-state index in [1.807, 2.05) is 25.1 Å². The molecule has 8 heteroatoms. The molecular formula is C24H26N2O5S. The summed E-state index contributed by atoms with van der Waals surface area (Å²) in [5, 5.41) is 2.82. The average Bonchev–Trinajstić information content (AvgIpc) is 2.77. The zero-order valence-electron chi connectivity index (χ0n) is 18.5. The van der Waals surface area contributed by atoms with Crippen LogP contribution in [0.2, 0.25) is 0 Å². The smallest absolute Gasteiger partial charge is 0.255 e. The Morgan fingerprint density at radius 2 is 1.62 bits per heavy atom. The predicted octanol–water partition coefficient (Wildman–Crippen LogP) is 4.23. The van der Waals surface area contributed by atoms with Gasteiger partial charge in [0.1, 0.15) is 0 Å². The van der Waals surface area contributed by atoms with Gasteiger partial charge in [-0.2, -0.15) is 0 Å². The van der Waals surface area contributed by atoms with Gasteiger partial charge in [-0.25, -0.2) is 8.42 Å². The number of carbonyl (C=O) groups excluding carboxylic acids is 1. The molecule has 1 N–H and O–H groups in total. The van der Waals surface area contributed by atoms with Gasteiger partial charge in [0.15, 0.2) is 11.5 Å². The summed E-state index contributed by atoms with van der Waals surface area (Å²) in [5.41, 5.74) is 3.35. The van der Waals surface area contributed by atoms with Crippen molar-refractivity contribution in [3.8, 4) is 11.5 Å². The third kappa shape index (κ3) is 5.59. The lowest BCUT2D eigenvalue weighted by atomic mass is 10.1. The van der Waals surface area contributed by atoms with E-state index in [0.29, 0.717) is 28.4 Å². The fourth-order valence-electron chi connectivity index (χ4n) is 3.23. The Balaban J connectivity index is 1.76. The number of amides is 1. The van der Waals surface area contributed by atoms with Crippen LogP contribution in [0.3, 0.4) is 0 Å². The van der Waals surface area contributed by atoms with Gasteiger partial charge in [0.2, 0.25) is 10.0 Å². The SMILES string of the molecule is COc1ccc(NC(=O)c2ccc(CN(c3cccc(C)c3)S(C)(=O)=O)cc2)cc1OC. The van der Waals surface area contributed by atoms with E-state index >= 15 is 0 Å². The average molecular weight is 455 g/mol. The summed E-state index contributed by atoms with van der Waals surface area (Å²) < 4.78 is 36.5. The molecule has 0 bridgehead atoms. The molecule has 0 atom stereocenters. The van der Waals surface area contributed by atoms with Crippen LogP contribution in [-0.2, 0) is 16.6 Å². The molecule has 7 nitrogen and oxygen atoms in total. The van der Waals surface area contributed by atoms with Crippen molar-refractivity contribution in [2.24, 2.45) is 0 Å². The van der Waals surface area contributed by atoms with Crippen molar-refractivity contribution in [2.75, 3.05) is 30.1 Å². The van der Waals surface area contributed by atoms with E-state index in [2.05, 4.69) is 5.32 Å². The minimum Gasteiger partial charge on any atom is -0.493 e. The summed E-state index contributed by atoms with van der Waals surface area (Å²) in [5.74, 6) is 0.791. The molecule has 168 valence electrons. The van der Waals surface area contributed by atoms with E-state index in [0.717, 1.165) is 11.1 Å². The number of anilines is 2. The number of carbonyl (C=O) groups is 1. The first kappa shape index (κ1) is 23.1. The highest BCUT2D eigenvalue weighted by molar-refractivity contribution is 7.92. The molecule has 0 unspecified atom stereocenters. The lowest BCUT2D eigenvalue weighted by Gasteiger charge is -2.23. The Kier molecular flexibility index (Phi) is 7.05. The molecule has 3 rings (SSSR count). The van der Waals surface area contributed by atoms with Crippen molar-refractivity contribution < 1.29 is 22.7 Å². The maximum absolute atomic E-state index is 12.6. The van der Waals surface area contributed by atoms with Crippen LogP contribution in [-0.4, -0.2) is 34.8 Å². The van der Waals surface area contributed by atoms with Crippen molar-refractivity contribution in [1.82, 2.24) is 0 Å². The Morgan fingerprint density at radius 1 is 0.938 bits per heavy atom. The fraction of sp³-hybridized carbons (Fsp3) is 0.208. The second-order valence-corrected chi connectivity index (χ2v) is 9.24. The highest BCUT2D eigenvalue weighted by Gasteiger charge is 2.18. The number of ether oxygens (including phenoxy) is 2. The van der Waals surface area contributed by atoms with Gasteiger partial charge in [0.25, 0.3) is 5.91 Å². The van der Waals surface area contributed by atoms with E-state index in [-0.39, 0.29) is 12.5 Å². The lowest BCUT2D eigenvalue weighted by molar-refractivity contribution is 0.102. The lowest BCUT2D eigenvalue weighted by Crippen LogP contribution is -2.29. The molecule has 0 saturated carbocycles. The quantitative estimate of drug-likeness (QED) is 0.551. The molecule has 0 aliphatic rings. The van der Waals surface area contributed by atoms with Crippen molar-refractivity contribution in [2.45, 2.75) is 13.5 Å². The molecule has 32 heavy (non-hydrogen) atoms. The van der Waals surface area contributed by atoms with Gasteiger partial charge in [0, 0.05) is 17.3 Å². The van der Waals surface area contributed by atoms with Crippen molar-refractivity contribution >= 4 is 27.3 Å². The number of aryl methyl sites for hydroxylation is 1. The van der Waals surface area contributed by atoms with Gasteiger partial charge in [0.05, 0.1) is 32.7 Å². The summed E-state index contributed by atoms with van der Waals surface area (Å²) in [6, 6.07) is 19.3. The summed E-state index contributed by atoms with van der Waals surface area (Å²) in [6.45, 7) is 2.08. The number of methoxy groups -OCH3 is 2. The number of nitrogens with zero attached hydrogens (tertiary/aromatic N) is 1. The largest absolute Gasteiger partial charge is 0.493 e. The topological polar surface area (TPSA) is 84.9 Å². The van der Waals surface area contributed by atoms with Crippen LogP contribution in [0.4, 0.5) is 11.4 Å². The van der Waals surface area contributed by atoms with Crippen LogP contribution in [0.15, 0.2) is 66.7 Å². The maximum Gasteiger partial charge on any atom is 0.255 e. The molecule has 0 heterocycles. The number of hydrogen-bond donors (Lipinski definition) is 1. The zero-order valence-corrected chi connectivity index (χ0v) is 19.3. The van der Waals surface area contributed by atoms with Crippen LogP contribution in [0.5, 0.6) is 11.5 Å². The van der Waals surface area contributed by atoms with Gasteiger partial charge < -0.3 is 14.8 Å². The zero-order chi connectivity index (χ0) is 23.3. The van der Waals surface area contributed by atoms with E-state index < -0.39 is 10.0 Å². The Labute approximate surface area is 188 Å². The van der Waals surface area contributed by atoms with Gasteiger partial charge in [-0.05, 0) is 54.4 Å². The number of benzene rings is 3. The highest BCUT2D eigenvalue weighted by Crippen LogP contribution is 2.30. The molecule has 0 spiro atoms. The van der Waals surface area contributed by atoms with Crippen LogP contribution in [0, 0.1) is 6.92 Å². The first-order valence-electron chi connectivity index (χ1n) is 9.88. The normalized spacial score (nSPS) is 11.0. The summed E-state index contributed by atoms with van der Waals surface area (Å²) in [4.78, 5) is 12.6. The summed E-state index contributed by atoms with van der Waals surface area (Å²) in [7, 11) is -0.411. The van der Waals surface area contributed by atoms with Crippen molar-refractivity contribution in [3.63, 3.8) is 0 Å². The molecule has 0 aliphatic heterocycles. The molecule has 0 saturated heterocycles. The third-order valence-corrected chi connectivity index (χ3v) is 6.01. The predicted molar refractivity (Wildman–Crippen MR) is 126 cm³/mol. The fourth-order valence-corrected chi connectivity index (χ4v) is 4.11. The number of rotatable bonds is 8. The third-order valence-electron chi connectivity index (χ3n) is 4.87. The van der Waals surface area contributed by atoms with Crippen LogP contribution < -0.4 is 19.1 Å². The van der Waals surface area contributed by atoms with Gasteiger partial charge in [-0.3, -0.25) is 9.10 Å². The highest BCUT2D eigenvalue weighted by atomic mass is 32.2. The van der Waals surface area contributed by atoms with Gasteiger partial charge in [-0.15, -0.1) is 0 Å². The van der Waals surface area contributed by atoms with E-state index in [1.54, 1.807) is 55.6 Å². The second kappa shape index (κ2) is 9.74. The molecule has 3 aromatic rings. The minimum absolute atomic E-state index is 0.167. The van der Waals surface area contributed by atoms with Crippen LogP contribution in [0.1, 0.15) is 21.5 Å². The monoisotopic (exact) mass is 454 g/mol. The molecule has 0 radical (unpaired) electrons. The molecule has 0 aliphatic carbocycles. The standard InChI is InChI=1S/C24H26N2O5S/c1-17-6-5-7-21(14-17)26(32(4,28)29)16-18-8-10-19(11-9-18)24(27)25-20-12-13-22(30-2)23(15-20)31-3/h5-15H,16H2,1-4H3,(H,25,27). The Bertz CT molecular complexity index is 1210. The molecule has 1 amide bonds. The molecular weight excluding hydrogens is 428 g/mol. The summed E-state index contributed by atoms with van der Waals surface area (Å²) >= 11 is 0. The maximum atomic E-state index is 12.6. The van der Waals surface area contributed by atoms with E-state index in [4.69, 9.17) is 9.47 Å². The van der Waals surface area contributed by atoms with E-state index in [1.165, 1.54) is 17.7 Å². The number of sulfonamides is 1. The van der Waals surface area contributed by atoms with Crippen molar-refractivity contribution in [1.29, 1.82) is 0 Å². The molecule has 3 aromatic carbocycles. The van der Waals surface area contributed by atoms with Gasteiger partial charge in [-0.1, -0.05) is 24.3 Å². The van der Waals surface area contributed by atoms with E-state index in [9.17, 15) is 13.2 Å². The first-order valence-corrected chi connectivity index (χ1v) is 11.7. The van der Waals surface area contributed by atoms with Crippen LogP contribution in [0.25, 0.3) is 0 Å². The van der Waals surface area contributed by atoms with Crippen molar-refractivity contribution in [3.05, 3.63) is 83.4 Å².